The zero-order valence-corrected chi connectivity index (χ0v) is 10.9. The Morgan fingerprint density at radius 3 is 2.09 bits per heavy atom. The monoisotopic (exact) mass is 309 g/mol. The van der Waals surface area contributed by atoms with E-state index in [0.29, 0.717) is 5.56 Å². The lowest BCUT2D eigenvalue weighted by Gasteiger charge is -2.08. The maximum atomic E-state index is 13.4. The van der Waals surface area contributed by atoms with Crippen LogP contribution in [0.15, 0.2) is 30.3 Å². The zero-order valence-electron chi connectivity index (χ0n) is 10.9. The average Bonchev–Trinajstić information content (AvgIpc) is 2.50. The second-order valence-corrected chi connectivity index (χ2v) is 4.20. The highest BCUT2D eigenvalue weighted by atomic mass is 19.2. The molecule has 0 aliphatic heterocycles. The molecule has 0 saturated carbocycles. The van der Waals surface area contributed by atoms with Crippen molar-refractivity contribution in [2.24, 2.45) is 0 Å². The average molecular weight is 309 g/mol. The highest BCUT2D eigenvalue weighted by molar-refractivity contribution is 5.91. The molecule has 0 aromatic heterocycles. The predicted molar refractivity (Wildman–Crippen MR) is 68.0 cm³/mol. The van der Waals surface area contributed by atoms with Gasteiger partial charge in [-0.1, -0.05) is 12.1 Å². The van der Waals surface area contributed by atoms with Crippen LogP contribution >= 0.6 is 0 Å². The van der Waals surface area contributed by atoms with Crippen molar-refractivity contribution in [1.29, 1.82) is 0 Å². The summed E-state index contributed by atoms with van der Waals surface area (Å²) in [6.07, 6.45) is 0. The second kappa shape index (κ2) is 6.26. The molecule has 0 amide bonds. The van der Waals surface area contributed by atoms with Crippen LogP contribution in [-0.4, -0.2) is 5.97 Å². The molecule has 0 spiro atoms. The fourth-order valence-corrected chi connectivity index (χ4v) is 1.63. The summed E-state index contributed by atoms with van der Waals surface area (Å²) in [5, 5.41) is 0. The Bertz CT molecular complexity index is 740. The Morgan fingerprint density at radius 2 is 1.59 bits per heavy atom. The van der Waals surface area contributed by atoms with Crippen LogP contribution in [0.1, 0.15) is 15.9 Å². The Hall–Kier alpha value is -2.88. The van der Waals surface area contributed by atoms with Gasteiger partial charge in [-0.2, -0.15) is 8.78 Å². The number of hydrogen-bond acceptors (Lipinski definition) is 2. The van der Waals surface area contributed by atoms with Gasteiger partial charge < -0.3 is 9.58 Å². The molecule has 2 aromatic carbocycles. The van der Waals surface area contributed by atoms with Crippen LogP contribution < -0.4 is 4.74 Å². The topological polar surface area (TPSA) is 30.7 Å². The van der Waals surface area contributed by atoms with E-state index in [1.807, 2.05) is 0 Å². The fourth-order valence-electron chi connectivity index (χ4n) is 1.63. The van der Waals surface area contributed by atoms with E-state index in [4.69, 9.17) is 6.57 Å². The molecule has 0 fully saturated rings. The minimum Gasteiger partial charge on any atom is -0.416 e. The number of nitrogens with zero attached hydrogens (tertiary/aromatic N) is 1. The molecular weight excluding hydrogens is 302 g/mol. The molecule has 0 radical (unpaired) electrons. The summed E-state index contributed by atoms with van der Waals surface area (Å²) < 4.78 is 57.2. The number of esters is 1. The van der Waals surface area contributed by atoms with E-state index < -0.39 is 35.0 Å². The molecule has 0 bridgehead atoms. The van der Waals surface area contributed by atoms with Gasteiger partial charge in [0.05, 0.1) is 5.56 Å². The molecule has 0 unspecified atom stereocenters. The lowest BCUT2D eigenvalue weighted by Crippen LogP contribution is -2.12. The van der Waals surface area contributed by atoms with E-state index in [-0.39, 0.29) is 18.2 Å². The van der Waals surface area contributed by atoms with Crippen LogP contribution in [0.2, 0.25) is 0 Å². The van der Waals surface area contributed by atoms with Crippen molar-refractivity contribution >= 4 is 5.97 Å². The van der Waals surface area contributed by atoms with Gasteiger partial charge in [0.1, 0.15) is 0 Å². The maximum Gasteiger partial charge on any atom is 0.343 e. The first kappa shape index (κ1) is 15.5. The van der Waals surface area contributed by atoms with Gasteiger partial charge in [-0.05, 0) is 12.1 Å². The number of ether oxygens (including phenoxy) is 1. The van der Waals surface area contributed by atoms with Crippen molar-refractivity contribution in [3.63, 3.8) is 0 Å². The molecule has 2 aromatic rings. The lowest BCUT2D eigenvalue weighted by atomic mass is 10.1. The Kier molecular flexibility index (Phi) is 4.41. The van der Waals surface area contributed by atoms with Crippen LogP contribution in [0.5, 0.6) is 5.75 Å². The molecule has 0 aliphatic carbocycles. The van der Waals surface area contributed by atoms with Gasteiger partial charge in [0.2, 0.25) is 23.9 Å². The van der Waals surface area contributed by atoms with E-state index in [0.717, 1.165) is 0 Å². The van der Waals surface area contributed by atoms with E-state index >= 15 is 0 Å². The van der Waals surface area contributed by atoms with Crippen molar-refractivity contribution in [3.8, 4) is 5.75 Å². The number of halogens is 4. The number of hydrogen-bond donors (Lipinski definition) is 0. The summed E-state index contributed by atoms with van der Waals surface area (Å²) in [7, 11) is 0. The standard InChI is InChI=1S/C15H7F4NO2/c1-20-7-8-2-4-9(5-3-8)15(21)22-14-12(18)10(16)6-11(17)13(14)19/h2-6H,7H2. The van der Waals surface area contributed by atoms with E-state index in [9.17, 15) is 22.4 Å². The van der Waals surface area contributed by atoms with Gasteiger partial charge in [-0.15, -0.1) is 0 Å². The van der Waals surface area contributed by atoms with Crippen LogP contribution in [0, 0.1) is 29.8 Å². The lowest BCUT2D eigenvalue weighted by molar-refractivity contribution is 0.0717. The fraction of sp³-hybridized carbons (Fsp3) is 0.0667. The van der Waals surface area contributed by atoms with Crippen molar-refractivity contribution in [2.75, 3.05) is 0 Å². The van der Waals surface area contributed by atoms with Gasteiger partial charge in [-0.3, -0.25) is 0 Å². The van der Waals surface area contributed by atoms with Gasteiger partial charge in [0.15, 0.2) is 11.6 Å². The first-order valence-electron chi connectivity index (χ1n) is 5.91. The largest absolute Gasteiger partial charge is 0.416 e. The first-order valence-corrected chi connectivity index (χ1v) is 5.91. The van der Waals surface area contributed by atoms with Crippen molar-refractivity contribution < 1.29 is 27.1 Å². The normalized spacial score (nSPS) is 10.1. The second-order valence-electron chi connectivity index (χ2n) is 4.20. The maximum absolute atomic E-state index is 13.4. The smallest absolute Gasteiger partial charge is 0.343 e. The third-order valence-electron chi connectivity index (χ3n) is 2.72. The van der Waals surface area contributed by atoms with Gasteiger partial charge in [-0.25, -0.2) is 20.1 Å². The van der Waals surface area contributed by atoms with Crippen LogP contribution in [0.3, 0.4) is 0 Å². The quantitative estimate of drug-likeness (QED) is 0.283. The first-order chi connectivity index (χ1) is 10.4. The highest BCUT2D eigenvalue weighted by Gasteiger charge is 2.23. The third-order valence-corrected chi connectivity index (χ3v) is 2.72. The molecule has 22 heavy (non-hydrogen) atoms. The summed E-state index contributed by atoms with van der Waals surface area (Å²) >= 11 is 0. The van der Waals surface area contributed by atoms with Gasteiger partial charge in [0.25, 0.3) is 0 Å². The number of carbonyl (C=O) groups is 1. The van der Waals surface area contributed by atoms with E-state index in [1.165, 1.54) is 24.3 Å². The van der Waals surface area contributed by atoms with Crippen LogP contribution in [0.4, 0.5) is 17.6 Å². The van der Waals surface area contributed by atoms with Crippen molar-refractivity contribution in [3.05, 3.63) is 76.1 Å². The van der Waals surface area contributed by atoms with E-state index in [2.05, 4.69) is 9.58 Å². The Labute approximate surface area is 122 Å². The SMILES string of the molecule is [C-]#[N+]Cc1ccc(C(=O)Oc2c(F)c(F)cc(F)c2F)cc1. The Balaban J connectivity index is 2.28. The Morgan fingerprint density at radius 1 is 1.05 bits per heavy atom. The van der Waals surface area contributed by atoms with Gasteiger partial charge >= 0.3 is 5.97 Å². The van der Waals surface area contributed by atoms with Crippen molar-refractivity contribution in [1.82, 2.24) is 0 Å². The molecule has 7 heteroatoms. The number of rotatable bonds is 3. The summed E-state index contributed by atoms with van der Waals surface area (Å²) in [5.41, 5.74) is 0.540. The number of benzene rings is 2. The molecule has 0 N–H and O–H groups in total. The van der Waals surface area contributed by atoms with E-state index in [1.54, 1.807) is 0 Å². The summed E-state index contributed by atoms with van der Waals surface area (Å²) in [5.74, 6) is -9.55. The minimum atomic E-state index is -1.79. The van der Waals surface area contributed by atoms with Crippen LogP contribution in [-0.2, 0) is 6.54 Å². The molecule has 0 aliphatic rings. The molecule has 0 saturated heterocycles. The summed E-state index contributed by atoms with van der Waals surface area (Å²) in [4.78, 5) is 14.9. The third kappa shape index (κ3) is 3.06. The summed E-state index contributed by atoms with van der Waals surface area (Å²) in [6, 6.07) is 5.46. The highest BCUT2D eigenvalue weighted by Crippen LogP contribution is 2.27. The molecule has 3 nitrogen and oxygen atoms in total. The van der Waals surface area contributed by atoms with Gasteiger partial charge in [0, 0.05) is 11.6 Å². The molecular formula is C15H7F4NO2. The molecule has 112 valence electrons. The van der Waals surface area contributed by atoms with Crippen molar-refractivity contribution in [2.45, 2.75) is 6.54 Å². The summed E-state index contributed by atoms with van der Waals surface area (Å²) in [6.45, 7) is 6.80. The minimum absolute atomic E-state index is 0.0150. The predicted octanol–water partition coefficient (Wildman–Crippen LogP) is 3.88. The molecule has 2 rings (SSSR count). The molecule has 0 heterocycles. The van der Waals surface area contributed by atoms with Crippen LogP contribution in [0.25, 0.3) is 4.85 Å². The molecule has 0 atom stereocenters. The number of carbonyl (C=O) groups excluding carboxylic acids is 1. The zero-order chi connectivity index (χ0) is 16.3.